The van der Waals surface area contributed by atoms with Gasteiger partial charge in [-0.05, 0) is 0 Å². The molecular weight excluding hydrogens is 222 g/mol. The van der Waals surface area contributed by atoms with Crippen molar-refractivity contribution in [2.45, 2.75) is 6.61 Å². The average Bonchev–Trinajstić information content (AvgIpc) is 2.38. The van der Waals surface area contributed by atoms with Crippen LogP contribution < -0.4 is 5.32 Å². The number of methoxy groups -OCH3 is 1. The second-order valence-corrected chi connectivity index (χ2v) is 3.30. The summed E-state index contributed by atoms with van der Waals surface area (Å²) >= 11 is 0. The van der Waals surface area contributed by atoms with Crippen LogP contribution in [0.4, 0.5) is 5.82 Å². The third-order valence-corrected chi connectivity index (χ3v) is 2.02. The zero-order chi connectivity index (χ0) is 12.3. The molecule has 6 heteroatoms. The Bertz CT molecular complexity index is 293. The summed E-state index contributed by atoms with van der Waals surface area (Å²) in [5.41, 5.74) is 0.806. The SMILES string of the molecule is CNc1cnc(COCCOCCOC)cn1. The molecule has 0 atom stereocenters. The third kappa shape index (κ3) is 6.15. The Hall–Kier alpha value is -1.24. The fourth-order valence-electron chi connectivity index (χ4n) is 1.10. The van der Waals surface area contributed by atoms with Crippen molar-refractivity contribution in [1.82, 2.24) is 9.97 Å². The fraction of sp³-hybridized carbons (Fsp3) is 0.636. The van der Waals surface area contributed by atoms with E-state index < -0.39 is 0 Å². The lowest BCUT2D eigenvalue weighted by Crippen LogP contribution is -2.08. The van der Waals surface area contributed by atoms with Crippen molar-refractivity contribution < 1.29 is 14.2 Å². The first-order valence-corrected chi connectivity index (χ1v) is 5.50. The molecule has 1 heterocycles. The zero-order valence-corrected chi connectivity index (χ0v) is 10.3. The lowest BCUT2D eigenvalue weighted by atomic mass is 10.5. The maximum Gasteiger partial charge on any atom is 0.144 e. The molecule has 96 valence electrons. The predicted octanol–water partition coefficient (Wildman–Crippen LogP) is 0.698. The van der Waals surface area contributed by atoms with Gasteiger partial charge in [-0.1, -0.05) is 0 Å². The number of anilines is 1. The highest BCUT2D eigenvalue weighted by Gasteiger charge is 1.96. The van der Waals surface area contributed by atoms with E-state index in [1.54, 1.807) is 26.6 Å². The van der Waals surface area contributed by atoms with Crippen LogP contribution in [-0.2, 0) is 20.8 Å². The summed E-state index contributed by atoms with van der Waals surface area (Å²) in [6.07, 6.45) is 3.37. The van der Waals surface area contributed by atoms with E-state index in [0.717, 1.165) is 11.5 Å². The Balaban J connectivity index is 2.05. The Morgan fingerprint density at radius 1 is 1.06 bits per heavy atom. The summed E-state index contributed by atoms with van der Waals surface area (Å²) in [6.45, 7) is 2.75. The van der Waals surface area contributed by atoms with Crippen molar-refractivity contribution in [3.05, 3.63) is 18.1 Å². The molecule has 1 rings (SSSR count). The van der Waals surface area contributed by atoms with Gasteiger partial charge in [0.1, 0.15) is 5.82 Å². The minimum Gasteiger partial charge on any atom is -0.382 e. The summed E-state index contributed by atoms with van der Waals surface area (Å²) in [5.74, 6) is 0.747. The minimum absolute atomic E-state index is 0.449. The molecule has 1 N–H and O–H groups in total. The number of nitrogens with zero attached hydrogens (tertiary/aromatic N) is 2. The summed E-state index contributed by atoms with van der Waals surface area (Å²) in [5, 5.41) is 2.90. The van der Waals surface area contributed by atoms with Crippen molar-refractivity contribution in [2.24, 2.45) is 0 Å². The quantitative estimate of drug-likeness (QED) is 0.642. The topological polar surface area (TPSA) is 65.5 Å². The number of nitrogens with one attached hydrogen (secondary N) is 1. The molecule has 6 nitrogen and oxygen atoms in total. The van der Waals surface area contributed by atoms with E-state index in [1.165, 1.54) is 0 Å². The molecule has 0 aliphatic rings. The fourth-order valence-corrected chi connectivity index (χ4v) is 1.10. The van der Waals surface area contributed by atoms with Gasteiger partial charge in [0.15, 0.2) is 0 Å². The number of ether oxygens (including phenoxy) is 3. The van der Waals surface area contributed by atoms with Crippen LogP contribution in [0.1, 0.15) is 5.69 Å². The van der Waals surface area contributed by atoms with Crippen LogP contribution in [0.2, 0.25) is 0 Å². The van der Waals surface area contributed by atoms with Crippen molar-refractivity contribution in [1.29, 1.82) is 0 Å². The van der Waals surface area contributed by atoms with Crippen molar-refractivity contribution in [3.63, 3.8) is 0 Å². The third-order valence-electron chi connectivity index (χ3n) is 2.02. The summed E-state index contributed by atoms with van der Waals surface area (Å²) < 4.78 is 15.5. The lowest BCUT2D eigenvalue weighted by molar-refractivity contribution is 0.0192. The van der Waals surface area contributed by atoms with Gasteiger partial charge in [-0.15, -0.1) is 0 Å². The highest BCUT2D eigenvalue weighted by molar-refractivity contribution is 5.29. The highest BCUT2D eigenvalue weighted by Crippen LogP contribution is 2.00. The van der Waals surface area contributed by atoms with Crippen molar-refractivity contribution >= 4 is 5.82 Å². The molecule has 0 aromatic carbocycles. The van der Waals surface area contributed by atoms with Crippen LogP contribution >= 0.6 is 0 Å². The molecule has 0 amide bonds. The molecule has 0 spiro atoms. The molecule has 0 saturated heterocycles. The molecule has 17 heavy (non-hydrogen) atoms. The monoisotopic (exact) mass is 241 g/mol. The molecule has 0 fully saturated rings. The summed E-state index contributed by atoms with van der Waals surface area (Å²) in [6, 6.07) is 0. The van der Waals surface area contributed by atoms with Crippen LogP contribution in [-0.4, -0.2) is 50.6 Å². The maximum atomic E-state index is 5.38. The van der Waals surface area contributed by atoms with Crippen LogP contribution in [0.3, 0.4) is 0 Å². The Kier molecular flexibility index (Phi) is 7.20. The van der Waals surface area contributed by atoms with E-state index in [-0.39, 0.29) is 0 Å². The van der Waals surface area contributed by atoms with Crippen LogP contribution in [0, 0.1) is 0 Å². The number of rotatable bonds is 9. The van der Waals surface area contributed by atoms with E-state index in [1.807, 2.05) is 0 Å². The van der Waals surface area contributed by atoms with Crippen LogP contribution in [0.15, 0.2) is 12.4 Å². The Morgan fingerprint density at radius 2 is 1.82 bits per heavy atom. The molecule has 0 saturated carbocycles. The van der Waals surface area contributed by atoms with Gasteiger partial charge in [0.25, 0.3) is 0 Å². The normalized spacial score (nSPS) is 10.5. The van der Waals surface area contributed by atoms with E-state index in [4.69, 9.17) is 14.2 Å². The number of hydrogen-bond donors (Lipinski definition) is 1. The molecule has 0 aliphatic carbocycles. The van der Waals surface area contributed by atoms with E-state index in [2.05, 4.69) is 15.3 Å². The second-order valence-electron chi connectivity index (χ2n) is 3.30. The molecule has 0 aliphatic heterocycles. The molecule has 0 unspecified atom stereocenters. The largest absolute Gasteiger partial charge is 0.382 e. The second kappa shape index (κ2) is 8.86. The van der Waals surface area contributed by atoms with Gasteiger partial charge >= 0.3 is 0 Å². The van der Waals surface area contributed by atoms with Crippen LogP contribution in [0.5, 0.6) is 0 Å². The first-order chi connectivity index (χ1) is 8.36. The van der Waals surface area contributed by atoms with Gasteiger partial charge in [0, 0.05) is 14.2 Å². The first-order valence-electron chi connectivity index (χ1n) is 5.50. The summed E-state index contributed by atoms with van der Waals surface area (Å²) in [4.78, 5) is 8.32. The molecule has 1 aromatic heterocycles. The minimum atomic E-state index is 0.449. The Morgan fingerprint density at radius 3 is 2.47 bits per heavy atom. The van der Waals surface area contributed by atoms with E-state index >= 15 is 0 Å². The molecule has 0 bridgehead atoms. The maximum absolute atomic E-state index is 5.38. The van der Waals surface area contributed by atoms with Gasteiger partial charge in [-0.25, -0.2) is 4.98 Å². The predicted molar refractivity (Wildman–Crippen MR) is 63.9 cm³/mol. The number of hydrogen-bond acceptors (Lipinski definition) is 6. The van der Waals surface area contributed by atoms with Crippen LogP contribution in [0.25, 0.3) is 0 Å². The lowest BCUT2D eigenvalue weighted by Gasteiger charge is -2.05. The van der Waals surface area contributed by atoms with Gasteiger partial charge in [0.05, 0.1) is 51.1 Å². The first kappa shape index (κ1) is 13.8. The highest BCUT2D eigenvalue weighted by atomic mass is 16.5. The van der Waals surface area contributed by atoms with Gasteiger partial charge in [0.2, 0.25) is 0 Å². The van der Waals surface area contributed by atoms with E-state index in [0.29, 0.717) is 33.0 Å². The molecule has 1 aromatic rings. The zero-order valence-electron chi connectivity index (χ0n) is 10.3. The standard InChI is InChI=1S/C11H19N3O3/c1-12-11-8-13-10(7-14-11)9-17-6-5-16-4-3-15-2/h7-8H,3-6,9H2,1-2H3,(H,12,14). The van der Waals surface area contributed by atoms with Gasteiger partial charge in [-0.3, -0.25) is 4.98 Å². The van der Waals surface area contributed by atoms with E-state index in [9.17, 15) is 0 Å². The summed E-state index contributed by atoms with van der Waals surface area (Å²) in [7, 11) is 3.45. The average molecular weight is 241 g/mol. The van der Waals surface area contributed by atoms with Crippen molar-refractivity contribution in [3.8, 4) is 0 Å². The van der Waals surface area contributed by atoms with Gasteiger partial charge in [-0.2, -0.15) is 0 Å². The Labute approximate surface area is 101 Å². The smallest absolute Gasteiger partial charge is 0.144 e. The van der Waals surface area contributed by atoms with Gasteiger partial charge < -0.3 is 19.5 Å². The molecular formula is C11H19N3O3. The van der Waals surface area contributed by atoms with Crippen molar-refractivity contribution in [2.75, 3.05) is 45.9 Å². The number of aromatic nitrogens is 2. The molecule has 0 radical (unpaired) electrons.